The molecule has 2 rings (SSSR count). The molecule has 18 heavy (non-hydrogen) atoms. The first-order valence-corrected chi connectivity index (χ1v) is 7.17. The molecule has 1 aromatic carbocycles. The molecule has 100 valence electrons. The molecule has 0 aromatic heterocycles. The Labute approximate surface area is 119 Å². The fourth-order valence-electron chi connectivity index (χ4n) is 2.36. The van der Waals surface area contributed by atoms with Crippen LogP contribution in [-0.2, 0) is 0 Å². The average Bonchev–Trinajstić information content (AvgIpc) is 2.32. The van der Waals surface area contributed by atoms with E-state index in [2.05, 4.69) is 11.8 Å². The topological polar surface area (TPSA) is 23.5 Å². The van der Waals surface area contributed by atoms with Crippen LogP contribution in [0, 0.1) is 5.92 Å². The number of piperidine rings is 1. The summed E-state index contributed by atoms with van der Waals surface area (Å²) in [5.41, 5.74) is 0.764. The minimum Gasteiger partial charge on any atom is -0.387 e. The van der Waals surface area contributed by atoms with Gasteiger partial charge in [0.1, 0.15) is 0 Å². The van der Waals surface area contributed by atoms with Crippen molar-refractivity contribution in [1.29, 1.82) is 0 Å². The first kappa shape index (κ1) is 14.1. The van der Waals surface area contributed by atoms with E-state index in [4.69, 9.17) is 23.2 Å². The van der Waals surface area contributed by atoms with E-state index >= 15 is 0 Å². The van der Waals surface area contributed by atoms with Gasteiger partial charge in [0.05, 0.1) is 6.10 Å². The molecule has 1 saturated heterocycles. The van der Waals surface area contributed by atoms with Gasteiger partial charge >= 0.3 is 0 Å². The highest BCUT2D eigenvalue weighted by Crippen LogP contribution is 2.27. The van der Waals surface area contributed by atoms with Gasteiger partial charge in [-0.15, -0.1) is 0 Å². The zero-order valence-electron chi connectivity index (χ0n) is 10.6. The number of halogens is 2. The molecule has 1 heterocycles. The lowest BCUT2D eigenvalue weighted by Gasteiger charge is -2.31. The summed E-state index contributed by atoms with van der Waals surface area (Å²) in [5, 5.41) is 11.4. The Hall–Kier alpha value is -0.280. The Morgan fingerprint density at radius 1 is 1.33 bits per heavy atom. The third kappa shape index (κ3) is 3.61. The predicted octanol–water partition coefficient (Wildman–Crippen LogP) is 3.76. The number of hydrogen-bond donors (Lipinski definition) is 1. The van der Waals surface area contributed by atoms with E-state index in [-0.39, 0.29) is 0 Å². The molecule has 1 N–H and O–H groups in total. The van der Waals surface area contributed by atoms with Gasteiger partial charge in [-0.3, -0.25) is 0 Å². The summed E-state index contributed by atoms with van der Waals surface area (Å²) < 4.78 is 0. The Morgan fingerprint density at radius 2 is 2.00 bits per heavy atom. The normalized spacial score (nSPS) is 20.0. The van der Waals surface area contributed by atoms with Crippen LogP contribution >= 0.6 is 23.2 Å². The molecule has 0 bridgehead atoms. The molecular weight excluding hydrogens is 269 g/mol. The fraction of sp³-hybridized carbons (Fsp3) is 0.571. The van der Waals surface area contributed by atoms with E-state index < -0.39 is 6.10 Å². The van der Waals surface area contributed by atoms with E-state index in [9.17, 15) is 5.11 Å². The van der Waals surface area contributed by atoms with E-state index in [0.29, 0.717) is 16.6 Å². The highest BCUT2D eigenvalue weighted by molar-refractivity contribution is 6.35. The molecule has 2 nitrogen and oxygen atoms in total. The van der Waals surface area contributed by atoms with Crippen LogP contribution in [0.5, 0.6) is 0 Å². The SMILES string of the molecule is CC1CCN(CC(O)c2ccc(Cl)cc2Cl)CC1. The molecule has 1 fully saturated rings. The van der Waals surface area contributed by atoms with Crippen molar-refractivity contribution >= 4 is 23.2 Å². The standard InChI is InChI=1S/C14H19Cl2NO/c1-10-4-6-17(7-5-10)9-14(18)12-3-2-11(15)8-13(12)16/h2-3,8,10,14,18H,4-7,9H2,1H3. The van der Waals surface area contributed by atoms with Crippen molar-refractivity contribution in [1.82, 2.24) is 4.90 Å². The maximum Gasteiger partial charge on any atom is 0.0931 e. The first-order valence-electron chi connectivity index (χ1n) is 6.41. The monoisotopic (exact) mass is 287 g/mol. The van der Waals surface area contributed by atoms with E-state index in [0.717, 1.165) is 24.6 Å². The number of hydrogen-bond acceptors (Lipinski definition) is 2. The summed E-state index contributed by atoms with van der Waals surface area (Å²) in [6.07, 6.45) is 1.88. The second-order valence-electron chi connectivity index (χ2n) is 5.16. The van der Waals surface area contributed by atoms with Crippen molar-refractivity contribution in [3.63, 3.8) is 0 Å². The number of nitrogens with zero attached hydrogens (tertiary/aromatic N) is 1. The lowest BCUT2D eigenvalue weighted by atomic mass is 9.98. The van der Waals surface area contributed by atoms with Crippen molar-refractivity contribution in [3.05, 3.63) is 33.8 Å². The van der Waals surface area contributed by atoms with Crippen LogP contribution in [0.3, 0.4) is 0 Å². The quantitative estimate of drug-likeness (QED) is 0.915. The van der Waals surface area contributed by atoms with Crippen LogP contribution in [-0.4, -0.2) is 29.6 Å². The predicted molar refractivity (Wildman–Crippen MR) is 76.3 cm³/mol. The molecule has 4 heteroatoms. The van der Waals surface area contributed by atoms with Gasteiger partial charge in [0, 0.05) is 22.2 Å². The van der Waals surface area contributed by atoms with Crippen LogP contribution < -0.4 is 0 Å². The largest absolute Gasteiger partial charge is 0.387 e. The van der Waals surface area contributed by atoms with Gasteiger partial charge in [-0.25, -0.2) is 0 Å². The Morgan fingerprint density at radius 3 is 2.61 bits per heavy atom. The van der Waals surface area contributed by atoms with Crippen molar-refractivity contribution in [3.8, 4) is 0 Å². The van der Waals surface area contributed by atoms with Gasteiger partial charge in [-0.2, -0.15) is 0 Å². The summed E-state index contributed by atoms with van der Waals surface area (Å²) >= 11 is 12.0. The smallest absolute Gasteiger partial charge is 0.0931 e. The molecule has 0 aliphatic carbocycles. The molecule has 1 aliphatic heterocycles. The van der Waals surface area contributed by atoms with Crippen LogP contribution in [0.2, 0.25) is 10.0 Å². The van der Waals surface area contributed by atoms with Crippen LogP contribution in [0.1, 0.15) is 31.4 Å². The van der Waals surface area contributed by atoms with Gasteiger partial charge < -0.3 is 10.0 Å². The van der Waals surface area contributed by atoms with E-state index in [1.807, 2.05) is 6.07 Å². The van der Waals surface area contributed by atoms with Crippen molar-refractivity contribution in [2.45, 2.75) is 25.9 Å². The van der Waals surface area contributed by atoms with Crippen LogP contribution in [0.15, 0.2) is 18.2 Å². The molecule has 0 spiro atoms. The third-order valence-electron chi connectivity index (χ3n) is 3.63. The summed E-state index contributed by atoms with van der Waals surface area (Å²) in [6.45, 7) is 5.05. The summed E-state index contributed by atoms with van der Waals surface area (Å²) in [6, 6.07) is 5.26. The Bertz CT molecular complexity index is 403. The van der Waals surface area contributed by atoms with Crippen LogP contribution in [0.4, 0.5) is 0 Å². The highest BCUT2D eigenvalue weighted by Gasteiger charge is 2.20. The molecular formula is C14H19Cl2NO. The summed E-state index contributed by atoms with van der Waals surface area (Å²) in [4.78, 5) is 2.30. The fourth-order valence-corrected chi connectivity index (χ4v) is 2.89. The maximum atomic E-state index is 10.2. The van der Waals surface area contributed by atoms with E-state index in [1.54, 1.807) is 12.1 Å². The number of aliphatic hydroxyl groups is 1. The van der Waals surface area contributed by atoms with Gasteiger partial charge in [-0.1, -0.05) is 36.2 Å². The molecule has 0 radical (unpaired) electrons. The highest BCUT2D eigenvalue weighted by atomic mass is 35.5. The second kappa shape index (κ2) is 6.25. The number of β-amino-alcohol motifs (C(OH)–C–C–N with tert-alkyl or cyclic N) is 1. The third-order valence-corrected chi connectivity index (χ3v) is 4.19. The Balaban J connectivity index is 1.97. The minimum atomic E-state index is -0.539. The molecule has 1 atom stereocenters. The Kier molecular flexibility index (Phi) is 4.91. The van der Waals surface area contributed by atoms with Crippen molar-refractivity contribution < 1.29 is 5.11 Å². The summed E-state index contributed by atoms with van der Waals surface area (Å²) in [7, 11) is 0. The van der Waals surface area contributed by atoms with Gasteiger partial charge in [0.15, 0.2) is 0 Å². The zero-order valence-corrected chi connectivity index (χ0v) is 12.1. The molecule has 0 amide bonds. The number of aliphatic hydroxyl groups excluding tert-OH is 1. The van der Waals surface area contributed by atoms with Gasteiger partial charge in [0.25, 0.3) is 0 Å². The molecule has 1 aromatic rings. The van der Waals surface area contributed by atoms with Crippen molar-refractivity contribution in [2.75, 3.05) is 19.6 Å². The average molecular weight is 288 g/mol. The van der Waals surface area contributed by atoms with Gasteiger partial charge in [-0.05, 0) is 44.0 Å². The second-order valence-corrected chi connectivity index (χ2v) is 6.01. The van der Waals surface area contributed by atoms with E-state index in [1.165, 1.54) is 12.8 Å². The van der Waals surface area contributed by atoms with Gasteiger partial charge in [0.2, 0.25) is 0 Å². The maximum absolute atomic E-state index is 10.2. The summed E-state index contributed by atoms with van der Waals surface area (Å²) in [5.74, 6) is 0.803. The first-order chi connectivity index (χ1) is 8.56. The number of benzene rings is 1. The lowest BCUT2D eigenvalue weighted by Crippen LogP contribution is -2.36. The minimum absolute atomic E-state index is 0.539. The number of rotatable bonds is 3. The molecule has 1 aliphatic rings. The zero-order chi connectivity index (χ0) is 13.1. The lowest BCUT2D eigenvalue weighted by molar-refractivity contribution is 0.0917. The van der Waals surface area contributed by atoms with Crippen molar-refractivity contribution in [2.24, 2.45) is 5.92 Å². The molecule has 0 saturated carbocycles. The van der Waals surface area contributed by atoms with Crippen LogP contribution in [0.25, 0.3) is 0 Å². The number of likely N-dealkylation sites (tertiary alicyclic amines) is 1. The molecule has 1 unspecified atom stereocenters.